The van der Waals surface area contributed by atoms with Gasteiger partial charge in [-0.1, -0.05) is 23.2 Å². The Bertz CT molecular complexity index is 436. The van der Waals surface area contributed by atoms with Crippen LogP contribution in [-0.2, 0) is 9.53 Å². The normalized spacial score (nSPS) is 15.9. The van der Waals surface area contributed by atoms with Crippen LogP contribution in [0.5, 0.6) is 0 Å². The molecule has 1 aromatic rings. The van der Waals surface area contributed by atoms with Gasteiger partial charge in [0, 0.05) is 16.1 Å². The Morgan fingerprint density at radius 3 is 2.47 bits per heavy atom. The van der Waals surface area contributed by atoms with Crippen LogP contribution in [-0.4, -0.2) is 25.2 Å². The van der Waals surface area contributed by atoms with E-state index < -0.39 is 0 Å². The highest BCUT2D eigenvalue weighted by molar-refractivity contribution is 6.34. The van der Waals surface area contributed by atoms with Gasteiger partial charge >= 0.3 is 0 Å². The molecule has 0 radical (unpaired) electrons. The van der Waals surface area contributed by atoms with E-state index in [1.807, 2.05) is 0 Å². The average molecular weight is 272 g/mol. The number of nitrogens with one attached hydrogen (secondary N) is 1. The van der Waals surface area contributed by atoms with Crippen LogP contribution in [0.15, 0.2) is 24.3 Å². The molecule has 0 atom stereocenters. The van der Waals surface area contributed by atoms with Crippen molar-refractivity contribution in [1.82, 2.24) is 5.32 Å². The van der Waals surface area contributed by atoms with Gasteiger partial charge in [-0.3, -0.25) is 4.79 Å². The molecule has 0 unspecified atom stereocenters. The highest BCUT2D eigenvalue weighted by atomic mass is 35.5. The van der Waals surface area contributed by atoms with Gasteiger partial charge in [-0.15, -0.1) is 0 Å². The first-order valence-electron chi connectivity index (χ1n) is 5.16. The molecule has 0 aliphatic carbocycles. The smallest absolute Gasteiger partial charge is 0.244 e. The molecule has 1 aliphatic rings. The number of hydrogen-bond acceptors (Lipinski definition) is 2. The Kier molecular flexibility index (Phi) is 4.05. The zero-order valence-electron chi connectivity index (χ0n) is 8.95. The summed E-state index contributed by atoms with van der Waals surface area (Å²) in [7, 11) is 0. The fraction of sp³-hybridized carbons (Fsp3) is 0.250. The van der Waals surface area contributed by atoms with Crippen molar-refractivity contribution in [1.29, 1.82) is 0 Å². The Morgan fingerprint density at radius 1 is 1.29 bits per heavy atom. The van der Waals surface area contributed by atoms with E-state index in [2.05, 4.69) is 5.32 Å². The van der Waals surface area contributed by atoms with Crippen molar-refractivity contribution in [3.8, 4) is 0 Å². The fourth-order valence-corrected chi connectivity index (χ4v) is 1.95. The van der Waals surface area contributed by atoms with E-state index in [-0.39, 0.29) is 11.9 Å². The third kappa shape index (κ3) is 3.73. The summed E-state index contributed by atoms with van der Waals surface area (Å²) >= 11 is 11.7. The maximum atomic E-state index is 11.5. The summed E-state index contributed by atoms with van der Waals surface area (Å²) in [6.07, 6.45) is 3.13. The molecule has 0 bridgehead atoms. The van der Waals surface area contributed by atoms with Crippen LogP contribution in [0, 0.1) is 0 Å². The van der Waals surface area contributed by atoms with Crippen LogP contribution < -0.4 is 5.32 Å². The lowest BCUT2D eigenvalue weighted by molar-refractivity contribution is -0.120. The van der Waals surface area contributed by atoms with Crippen molar-refractivity contribution in [3.63, 3.8) is 0 Å². The van der Waals surface area contributed by atoms with E-state index in [0.717, 1.165) is 5.56 Å². The molecule has 5 heteroatoms. The highest BCUT2D eigenvalue weighted by Gasteiger charge is 2.18. The molecule has 90 valence electrons. The number of carbonyl (C=O) groups is 1. The summed E-state index contributed by atoms with van der Waals surface area (Å²) in [6.45, 7) is 1.17. The lowest BCUT2D eigenvalue weighted by Gasteiger charge is -2.26. The van der Waals surface area contributed by atoms with Gasteiger partial charge in [0.1, 0.15) is 0 Å². The SMILES string of the molecule is O=C(C=Cc1cc(Cl)cc(Cl)c1)NC1COC1. The van der Waals surface area contributed by atoms with E-state index in [9.17, 15) is 4.79 Å². The second-order valence-electron chi connectivity index (χ2n) is 3.78. The van der Waals surface area contributed by atoms with E-state index >= 15 is 0 Å². The van der Waals surface area contributed by atoms with Crippen LogP contribution >= 0.6 is 23.2 Å². The molecule has 1 N–H and O–H groups in total. The predicted molar refractivity (Wildman–Crippen MR) is 68.2 cm³/mol. The van der Waals surface area contributed by atoms with Gasteiger partial charge in [-0.25, -0.2) is 0 Å². The molecular formula is C12H11Cl2NO2. The average Bonchev–Trinajstić information content (AvgIpc) is 2.19. The Hall–Kier alpha value is -1.03. The van der Waals surface area contributed by atoms with Crippen molar-refractivity contribution in [3.05, 3.63) is 39.9 Å². The molecule has 1 amide bonds. The monoisotopic (exact) mass is 271 g/mol. The van der Waals surface area contributed by atoms with Crippen molar-refractivity contribution in [2.45, 2.75) is 6.04 Å². The van der Waals surface area contributed by atoms with Crippen LogP contribution in [0.25, 0.3) is 6.08 Å². The highest BCUT2D eigenvalue weighted by Crippen LogP contribution is 2.19. The number of amides is 1. The van der Waals surface area contributed by atoms with Gasteiger partial charge in [0.2, 0.25) is 5.91 Å². The van der Waals surface area contributed by atoms with Crippen LogP contribution in [0.2, 0.25) is 10.0 Å². The van der Waals surface area contributed by atoms with Crippen LogP contribution in [0.4, 0.5) is 0 Å². The Labute approximate surface area is 109 Å². The zero-order valence-corrected chi connectivity index (χ0v) is 10.5. The Morgan fingerprint density at radius 2 is 1.94 bits per heavy atom. The number of ether oxygens (including phenoxy) is 1. The van der Waals surface area contributed by atoms with E-state index in [4.69, 9.17) is 27.9 Å². The number of halogens is 2. The third-order valence-electron chi connectivity index (χ3n) is 2.30. The number of carbonyl (C=O) groups excluding carboxylic acids is 1. The number of rotatable bonds is 3. The van der Waals surface area contributed by atoms with Gasteiger partial charge < -0.3 is 10.1 Å². The summed E-state index contributed by atoms with van der Waals surface area (Å²) in [6, 6.07) is 5.26. The fourth-order valence-electron chi connectivity index (χ4n) is 1.41. The van der Waals surface area contributed by atoms with Crippen LogP contribution in [0.3, 0.4) is 0 Å². The Balaban J connectivity index is 1.96. The topological polar surface area (TPSA) is 38.3 Å². The lowest BCUT2D eigenvalue weighted by Crippen LogP contribution is -2.48. The molecule has 1 heterocycles. The molecule has 1 fully saturated rings. The van der Waals surface area contributed by atoms with Crippen molar-refractivity contribution >= 4 is 35.2 Å². The standard InChI is InChI=1S/C12H11Cl2NO2/c13-9-3-8(4-10(14)5-9)1-2-12(16)15-11-6-17-7-11/h1-5,11H,6-7H2,(H,15,16). The first-order valence-corrected chi connectivity index (χ1v) is 5.91. The summed E-state index contributed by atoms with van der Waals surface area (Å²) in [5.41, 5.74) is 0.794. The summed E-state index contributed by atoms with van der Waals surface area (Å²) in [5, 5.41) is 3.89. The molecule has 0 aromatic heterocycles. The van der Waals surface area contributed by atoms with Gasteiger partial charge in [-0.2, -0.15) is 0 Å². The summed E-state index contributed by atoms with van der Waals surface area (Å²) in [5.74, 6) is -0.144. The molecule has 17 heavy (non-hydrogen) atoms. The quantitative estimate of drug-likeness (QED) is 0.859. The van der Waals surface area contributed by atoms with E-state index in [1.54, 1.807) is 24.3 Å². The molecule has 3 nitrogen and oxygen atoms in total. The zero-order chi connectivity index (χ0) is 12.3. The molecule has 1 aliphatic heterocycles. The van der Waals surface area contributed by atoms with Gasteiger partial charge in [0.05, 0.1) is 19.3 Å². The molecule has 1 saturated heterocycles. The molecule has 2 rings (SSSR count). The summed E-state index contributed by atoms with van der Waals surface area (Å²) in [4.78, 5) is 11.5. The lowest BCUT2D eigenvalue weighted by atomic mass is 10.2. The maximum absolute atomic E-state index is 11.5. The van der Waals surface area contributed by atoms with Gasteiger partial charge in [0.15, 0.2) is 0 Å². The third-order valence-corrected chi connectivity index (χ3v) is 2.73. The minimum Gasteiger partial charge on any atom is -0.377 e. The minimum atomic E-state index is -0.144. The molecule has 0 saturated carbocycles. The predicted octanol–water partition coefficient (Wildman–Crippen LogP) is 2.52. The number of hydrogen-bond donors (Lipinski definition) is 1. The largest absolute Gasteiger partial charge is 0.377 e. The first-order chi connectivity index (χ1) is 8.13. The van der Waals surface area contributed by atoms with E-state index in [1.165, 1.54) is 6.08 Å². The van der Waals surface area contributed by atoms with E-state index in [0.29, 0.717) is 23.3 Å². The van der Waals surface area contributed by atoms with Gasteiger partial charge in [0.25, 0.3) is 0 Å². The van der Waals surface area contributed by atoms with Crippen molar-refractivity contribution in [2.24, 2.45) is 0 Å². The van der Waals surface area contributed by atoms with Crippen molar-refractivity contribution in [2.75, 3.05) is 13.2 Å². The molecule has 1 aromatic carbocycles. The first kappa shape index (κ1) is 12.4. The summed E-state index contributed by atoms with van der Waals surface area (Å²) < 4.78 is 4.96. The second kappa shape index (κ2) is 5.54. The minimum absolute atomic E-state index is 0.134. The van der Waals surface area contributed by atoms with Crippen molar-refractivity contribution < 1.29 is 9.53 Å². The maximum Gasteiger partial charge on any atom is 0.244 e. The van der Waals surface area contributed by atoms with Crippen LogP contribution in [0.1, 0.15) is 5.56 Å². The molecular weight excluding hydrogens is 261 g/mol. The molecule has 0 spiro atoms. The second-order valence-corrected chi connectivity index (χ2v) is 4.65. The van der Waals surface area contributed by atoms with Gasteiger partial charge in [-0.05, 0) is 29.8 Å². The number of benzene rings is 1.